The molecule has 1 atom stereocenters. The molecule has 1 aromatic rings. The third kappa shape index (κ3) is 8.28. The average Bonchev–Trinajstić information content (AvgIpc) is 3.08. The topological polar surface area (TPSA) is 87.9 Å². The number of aromatic nitrogens is 1. The minimum absolute atomic E-state index is 0.152. The van der Waals surface area contributed by atoms with E-state index in [9.17, 15) is 9.59 Å². The average molecular weight is 438 g/mol. The van der Waals surface area contributed by atoms with Gasteiger partial charge in [0, 0.05) is 31.4 Å². The summed E-state index contributed by atoms with van der Waals surface area (Å²) in [6.07, 6.45) is 4.08. The van der Waals surface area contributed by atoms with Gasteiger partial charge in [-0.25, -0.2) is 0 Å². The van der Waals surface area contributed by atoms with Gasteiger partial charge in [0.05, 0.1) is 25.8 Å². The fraction of sp³-hybridized carbons (Fsp3) is 0.792. The van der Waals surface area contributed by atoms with E-state index in [0.29, 0.717) is 24.0 Å². The van der Waals surface area contributed by atoms with Gasteiger partial charge in [-0.1, -0.05) is 19.0 Å². The molecular weight excluding hydrogens is 398 g/mol. The van der Waals surface area contributed by atoms with Gasteiger partial charge in [-0.2, -0.15) is 0 Å². The maximum absolute atomic E-state index is 12.4. The summed E-state index contributed by atoms with van der Waals surface area (Å²) < 4.78 is 21.2. The first-order chi connectivity index (χ1) is 14.4. The van der Waals surface area contributed by atoms with Gasteiger partial charge in [0.15, 0.2) is 0 Å². The van der Waals surface area contributed by atoms with Crippen molar-refractivity contribution in [3.05, 3.63) is 17.5 Å². The molecule has 0 radical (unpaired) electrons. The Morgan fingerprint density at radius 3 is 2.42 bits per heavy atom. The number of carbonyl (C=O) groups is 2. The van der Waals surface area contributed by atoms with Crippen molar-refractivity contribution >= 4 is 11.9 Å². The minimum atomic E-state index is -0.559. The molecular formula is C24H39NO6. The summed E-state index contributed by atoms with van der Waals surface area (Å²) in [5.74, 6) is 1.01. The fourth-order valence-corrected chi connectivity index (χ4v) is 4.39. The van der Waals surface area contributed by atoms with Crippen LogP contribution in [0.4, 0.5) is 0 Å². The molecule has 1 aliphatic carbocycles. The van der Waals surface area contributed by atoms with Crippen molar-refractivity contribution in [2.24, 2.45) is 11.3 Å². The smallest absolute Gasteiger partial charge is 0.306 e. The van der Waals surface area contributed by atoms with Gasteiger partial charge in [0.25, 0.3) is 0 Å². The van der Waals surface area contributed by atoms with Crippen molar-refractivity contribution in [2.75, 3.05) is 20.8 Å². The molecule has 1 heterocycles. The van der Waals surface area contributed by atoms with Crippen molar-refractivity contribution < 1.29 is 28.3 Å². The third-order valence-electron chi connectivity index (χ3n) is 5.74. The van der Waals surface area contributed by atoms with E-state index >= 15 is 0 Å². The highest BCUT2D eigenvalue weighted by atomic mass is 16.6. The van der Waals surface area contributed by atoms with Crippen molar-refractivity contribution in [3.63, 3.8) is 0 Å². The second-order valence-corrected chi connectivity index (χ2v) is 10.6. The lowest BCUT2D eigenvalue weighted by Crippen LogP contribution is -2.29. The first-order valence-electron chi connectivity index (χ1n) is 11.2. The summed E-state index contributed by atoms with van der Waals surface area (Å²) in [4.78, 5) is 24.0. The Hall–Kier alpha value is -1.89. The van der Waals surface area contributed by atoms with Gasteiger partial charge in [-0.15, -0.1) is 0 Å². The molecule has 1 aliphatic rings. The second kappa shape index (κ2) is 10.6. The van der Waals surface area contributed by atoms with E-state index < -0.39 is 5.60 Å². The van der Waals surface area contributed by atoms with Gasteiger partial charge < -0.3 is 18.7 Å². The first kappa shape index (κ1) is 25.4. The first-order valence-corrected chi connectivity index (χ1v) is 11.2. The molecule has 0 unspecified atom stereocenters. The van der Waals surface area contributed by atoms with E-state index in [1.54, 1.807) is 7.11 Å². The lowest BCUT2D eigenvalue weighted by molar-refractivity contribution is -0.155. The Balaban J connectivity index is 1.99. The highest BCUT2D eigenvalue weighted by Gasteiger charge is 2.37. The largest absolute Gasteiger partial charge is 0.469 e. The van der Waals surface area contributed by atoms with E-state index in [1.807, 2.05) is 26.8 Å². The quantitative estimate of drug-likeness (QED) is 0.450. The number of ether oxygens (including phenoxy) is 3. The Morgan fingerprint density at radius 2 is 1.84 bits per heavy atom. The number of nitrogens with zero attached hydrogens (tertiary/aromatic N) is 1. The van der Waals surface area contributed by atoms with Crippen molar-refractivity contribution in [1.82, 2.24) is 5.16 Å². The zero-order valence-corrected chi connectivity index (χ0v) is 20.2. The van der Waals surface area contributed by atoms with Crippen molar-refractivity contribution in [2.45, 2.75) is 90.6 Å². The molecule has 176 valence electrons. The molecule has 0 N–H and O–H groups in total. The monoisotopic (exact) mass is 437 g/mol. The van der Waals surface area contributed by atoms with Gasteiger partial charge in [0.2, 0.25) is 0 Å². The van der Waals surface area contributed by atoms with E-state index in [4.69, 9.17) is 18.7 Å². The van der Waals surface area contributed by atoms with Crippen LogP contribution in [0.1, 0.15) is 96.4 Å². The third-order valence-corrected chi connectivity index (χ3v) is 5.74. The van der Waals surface area contributed by atoms with E-state index in [0.717, 1.165) is 31.6 Å². The standard InChI is InChI=1S/C24H39NO6/c1-23(2,3)30-22(27)12-17(8-9-21(26)29-7)19-13-20(31-25-19)18-10-16(11-18)14-24(4,5)15-28-6/h13,16-18H,8-12,14-15H2,1-7H3/t16-,17-,18+/m0/s1. The van der Waals surface area contributed by atoms with E-state index in [2.05, 4.69) is 19.0 Å². The molecule has 31 heavy (non-hydrogen) atoms. The van der Waals surface area contributed by atoms with Crippen LogP contribution in [0, 0.1) is 11.3 Å². The van der Waals surface area contributed by atoms with Crippen LogP contribution in [0.25, 0.3) is 0 Å². The van der Waals surface area contributed by atoms with Crippen LogP contribution in [0.3, 0.4) is 0 Å². The van der Waals surface area contributed by atoms with Gasteiger partial charge in [-0.05, 0) is 57.8 Å². The summed E-state index contributed by atoms with van der Waals surface area (Å²) in [5, 5.41) is 4.25. The molecule has 0 saturated heterocycles. The molecule has 7 nitrogen and oxygen atoms in total. The van der Waals surface area contributed by atoms with Crippen LogP contribution in [0.15, 0.2) is 10.6 Å². The summed E-state index contributed by atoms with van der Waals surface area (Å²) in [5.41, 5.74) is 0.313. The molecule has 0 aliphatic heterocycles. The van der Waals surface area contributed by atoms with E-state index in [1.165, 1.54) is 7.11 Å². The Kier molecular flexibility index (Phi) is 8.69. The number of esters is 2. The summed E-state index contributed by atoms with van der Waals surface area (Å²) in [6.45, 7) is 10.7. The Labute approximate surface area is 186 Å². The molecule has 1 fully saturated rings. The predicted molar refractivity (Wildman–Crippen MR) is 117 cm³/mol. The zero-order valence-electron chi connectivity index (χ0n) is 20.2. The predicted octanol–water partition coefficient (Wildman–Crippen LogP) is 5.00. The molecule has 2 rings (SSSR count). The number of rotatable bonds is 11. The molecule has 0 aromatic carbocycles. The normalized spacial score (nSPS) is 20.1. The summed E-state index contributed by atoms with van der Waals surface area (Å²) in [6, 6.07) is 1.95. The second-order valence-electron chi connectivity index (χ2n) is 10.6. The van der Waals surface area contributed by atoms with E-state index in [-0.39, 0.29) is 36.1 Å². The van der Waals surface area contributed by atoms with Gasteiger partial charge >= 0.3 is 11.9 Å². The number of methoxy groups -OCH3 is 2. The maximum atomic E-state index is 12.4. The summed E-state index contributed by atoms with van der Waals surface area (Å²) in [7, 11) is 3.11. The SMILES string of the molecule is COCC(C)(C)C[C@H]1C[C@@H](c2cc([C@@H](CCC(=O)OC)CC(=O)OC(C)(C)C)no2)C1. The lowest BCUT2D eigenvalue weighted by atomic mass is 9.67. The zero-order chi connectivity index (χ0) is 23.2. The van der Waals surface area contributed by atoms with Crippen molar-refractivity contribution in [1.29, 1.82) is 0 Å². The van der Waals surface area contributed by atoms with Gasteiger partial charge in [0.1, 0.15) is 11.4 Å². The molecule has 7 heteroatoms. The fourth-order valence-electron chi connectivity index (χ4n) is 4.39. The Morgan fingerprint density at radius 1 is 1.16 bits per heavy atom. The van der Waals surface area contributed by atoms with Crippen LogP contribution in [0.2, 0.25) is 0 Å². The lowest BCUT2D eigenvalue weighted by Gasteiger charge is -2.38. The Bertz CT molecular complexity index is 727. The van der Waals surface area contributed by atoms with Crippen LogP contribution < -0.4 is 0 Å². The number of hydrogen-bond acceptors (Lipinski definition) is 7. The molecule has 0 spiro atoms. The molecule has 1 saturated carbocycles. The maximum Gasteiger partial charge on any atom is 0.306 e. The van der Waals surface area contributed by atoms with Crippen LogP contribution in [-0.4, -0.2) is 43.5 Å². The molecule has 0 bridgehead atoms. The molecule has 0 amide bonds. The minimum Gasteiger partial charge on any atom is -0.469 e. The van der Waals surface area contributed by atoms with Gasteiger partial charge in [-0.3, -0.25) is 9.59 Å². The highest BCUT2D eigenvalue weighted by molar-refractivity contribution is 5.72. The molecule has 1 aromatic heterocycles. The summed E-state index contributed by atoms with van der Waals surface area (Å²) >= 11 is 0. The number of carbonyl (C=O) groups excluding carboxylic acids is 2. The van der Waals surface area contributed by atoms with Crippen LogP contribution in [0.5, 0.6) is 0 Å². The van der Waals surface area contributed by atoms with Crippen molar-refractivity contribution in [3.8, 4) is 0 Å². The van der Waals surface area contributed by atoms with Crippen LogP contribution in [-0.2, 0) is 23.8 Å². The number of hydrogen-bond donors (Lipinski definition) is 0. The highest BCUT2D eigenvalue weighted by Crippen LogP contribution is 2.47. The van der Waals surface area contributed by atoms with Crippen LogP contribution >= 0.6 is 0 Å².